The molecular formula is C18H12ClF3N6O3. The molecule has 3 aromatic rings. The summed E-state index contributed by atoms with van der Waals surface area (Å²) in [4.78, 5) is 33.6. The first-order valence-corrected chi connectivity index (χ1v) is 8.81. The number of aromatic nitrogens is 3. The van der Waals surface area contributed by atoms with Crippen LogP contribution in [-0.4, -0.2) is 25.7 Å². The van der Waals surface area contributed by atoms with E-state index in [2.05, 4.69) is 25.6 Å². The zero-order chi connectivity index (χ0) is 22.8. The van der Waals surface area contributed by atoms with E-state index in [1.165, 1.54) is 13.0 Å². The maximum absolute atomic E-state index is 12.8. The first-order chi connectivity index (χ1) is 14.6. The van der Waals surface area contributed by atoms with Crippen LogP contribution in [0.4, 0.5) is 42.0 Å². The summed E-state index contributed by atoms with van der Waals surface area (Å²) in [5.41, 5.74) is -0.951. The van der Waals surface area contributed by atoms with Gasteiger partial charge in [0.05, 0.1) is 15.5 Å². The first-order valence-electron chi connectivity index (χ1n) is 8.43. The number of alkyl halides is 3. The molecule has 2 heterocycles. The number of hydrogen-bond acceptors (Lipinski definition) is 8. The fraction of sp³-hybridized carbons (Fsp3) is 0.111. The number of benzene rings is 1. The van der Waals surface area contributed by atoms with Crippen molar-refractivity contribution in [2.75, 3.05) is 10.6 Å². The van der Waals surface area contributed by atoms with E-state index in [0.717, 1.165) is 6.33 Å². The molecule has 0 bridgehead atoms. The normalized spacial score (nSPS) is 11.1. The quantitative estimate of drug-likeness (QED) is 0.299. The lowest BCUT2D eigenvalue weighted by molar-refractivity contribution is -0.383. The summed E-state index contributed by atoms with van der Waals surface area (Å²) in [6, 6.07) is 6.84. The van der Waals surface area contributed by atoms with Gasteiger partial charge in [-0.05, 0) is 25.1 Å². The Morgan fingerprint density at radius 2 is 1.77 bits per heavy atom. The Morgan fingerprint density at radius 1 is 1.10 bits per heavy atom. The second kappa shape index (κ2) is 8.52. The molecule has 0 spiro atoms. The van der Waals surface area contributed by atoms with Crippen molar-refractivity contribution < 1.29 is 22.9 Å². The van der Waals surface area contributed by atoms with Crippen LogP contribution in [0, 0.1) is 10.1 Å². The molecule has 13 heteroatoms. The average Bonchev–Trinajstić information content (AvgIpc) is 2.69. The van der Waals surface area contributed by atoms with Gasteiger partial charge in [0.1, 0.15) is 6.33 Å². The molecule has 31 heavy (non-hydrogen) atoms. The number of carbonyl (C=O) groups excluding carboxylic acids is 1. The zero-order valence-corrected chi connectivity index (χ0v) is 16.3. The van der Waals surface area contributed by atoms with Crippen molar-refractivity contribution in [3.8, 4) is 0 Å². The van der Waals surface area contributed by atoms with Crippen LogP contribution in [0.25, 0.3) is 0 Å². The second-order valence-corrected chi connectivity index (χ2v) is 6.52. The maximum Gasteiger partial charge on any atom is 0.417 e. The Labute approximate surface area is 177 Å². The van der Waals surface area contributed by atoms with E-state index in [1.807, 2.05) is 0 Å². The molecule has 160 valence electrons. The minimum Gasteiger partial charge on any atom is -0.334 e. The summed E-state index contributed by atoms with van der Waals surface area (Å²) in [5.74, 6) is -1.03. The number of nitrogens with zero attached hydrogens (tertiary/aromatic N) is 4. The third kappa shape index (κ3) is 5.04. The molecule has 0 atom stereocenters. The number of halogens is 4. The molecule has 0 fully saturated rings. The van der Waals surface area contributed by atoms with Crippen molar-refractivity contribution >= 4 is 46.2 Å². The van der Waals surface area contributed by atoms with E-state index >= 15 is 0 Å². The van der Waals surface area contributed by atoms with E-state index in [-0.39, 0.29) is 23.2 Å². The maximum atomic E-state index is 12.8. The third-order valence-electron chi connectivity index (χ3n) is 3.94. The summed E-state index contributed by atoms with van der Waals surface area (Å²) in [6.45, 7) is 1.37. The summed E-state index contributed by atoms with van der Waals surface area (Å²) < 4.78 is 38.3. The molecule has 0 radical (unpaired) electrons. The van der Waals surface area contributed by atoms with E-state index in [9.17, 15) is 28.1 Å². The number of nitrogens with one attached hydrogen (secondary N) is 2. The number of hydrogen-bond donors (Lipinski definition) is 2. The number of Topliss-reactive ketones (excluding diaryl/α,β-unsaturated/α-hetero) is 1. The van der Waals surface area contributed by atoms with Crippen LogP contribution in [-0.2, 0) is 6.18 Å². The molecular weight excluding hydrogens is 441 g/mol. The Bertz CT molecular complexity index is 1170. The van der Waals surface area contributed by atoms with E-state index in [4.69, 9.17) is 11.6 Å². The number of nitro groups is 1. The van der Waals surface area contributed by atoms with E-state index < -0.39 is 27.4 Å². The minimum atomic E-state index is -4.65. The standard InChI is InChI=1S/C18H12ClF3N6O3/c1-9(29)10-3-2-4-12(5-10)26-16-14(28(30)31)17(25-8-24-16)27-15-13(19)6-11(7-23-15)18(20,21)22/h2-8H,1H3,(H2,23,24,25,26,27). The highest BCUT2D eigenvalue weighted by Gasteiger charge is 2.32. The van der Waals surface area contributed by atoms with Gasteiger partial charge < -0.3 is 10.6 Å². The summed E-state index contributed by atoms with van der Waals surface area (Å²) >= 11 is 5.85. The van der Waals surface area contributed by atoms with Gasteiger partial charge in [-0.25, -0.2) is 15.0 Å². The predicted molar refractivity (Wildman–Crippen MR) is 106 cm³/mol. The van der Waals surface area contributed by atoms with Crippen molar-refractivity contribution in [3.05, 3.63) is 69.1 Å². The molecule has 0 saturated heterocycles. The minimum absolute atomic E-state index is 0.203. The lowest BCUT2D eigenvalue weighted by Crippen LogP contribution is -2.08. The number of anilines is 4. The lowest BCUT2D eigenvalue weighted by Gasteiger charge is -2.12. The van der Waals surface area contributed by atoms with Crippen molar-refractivity contribution in [2.45, 2.75) is 13.1 Å². The van der Waals surface area contributed by atoms with Gasteiger partial charge in [0, 0.05) is 17.4 Å². The van der Waals surface area contributed by atoms with Gasteiger partial charge in [0.2, 0.25) is 11.6 Å². The van der Waals surface area contributed by atoms with Crippen molar-refractivity contribution in [1.29, 1.82) is 0 Å². The van der Waals surface area contributed by atoms with Crippen LogP contribution in [0.5, 0.6) is 0 Å². The van der Waals surface area contributed by atoms with E-state index in [1.54, 1.807) is 18.2 Å². The number of ketones is 1. The highest BCUT2D eigenvalue weighted by Crippen LogP contribution is 2.36. The Balaban J connectivity index is 1.97. The molecule has 0 amide bonds. The molecule has 3 rings (SSSR count). The van der Waals surface area contributed by atoms with Gasteiger partial charge in [-0.15, -0.1) is 0 Å². The predicted octanol–water partition coefficient (Wildman–Crippen LogP) is 5.14. The van der Waals surface area contributed by atoms with Crippen molar-refractivity contribution in [3.63, 3.8) is 0 Å². The fourth-order valence-corrected chi connectivity index (χ4v) is 2.70. The second-order valence-electron chi connectivity index (χ2n) is 6.12. The zero-order valence-electron chi connectivity index (χ0n) is 15.6. The molecule has 0 aliphatic carbocycles. The lowest BCUT2D eigenvalue weighted by atomic mass is 10.1. The van der Waals surface area contributed by atoms with Gasteiger partial charge in [-0.2, -0.15) is 13.2 Å². The van der Waals surface area contributed by atoms with Gasteiger partial charge in [-0.1, -0.05) is 23.7 Å². The van der Waals surface area contributed by atoms with Crippen LogP contribution in [0.15, 0.2) is 42.9 Å². The topological polar surface area (TPSA) is 123 Å². The molecule has 0 unspecified atom stereocenters. The number of pyridine rings is 1. The van der Waals surface area contributed by atoms with Gasteiger partial charge in [0.25, 0.3) is 0 Å². The van der Waals surface area contributed by atoms with Crippen LogP contribution in [0.3, 0.4) is 0 Å². The molecule has 1 aromatic carbocycles. The molecule has 0 saturated carbocycles. The molecule has 2 aromatic heterocycles. The largest absolute Gasteiger partial charge is 0.417 e. The number of carbonyl (C=O) groups is 1. The van der Waals surface area contributed by atoms with Gasteiger partial charge in [0.15, 0.2) is 11.6 Å². The highest BCUT2D eigenvalue weighted by atomic mass is 35.5. The molecule has 9 nitrogen and oxygen atoms in total. The van der Waals surface area contributed by atoms with Crippen LogP contribution >= 0.6 is 11.6 Å². The fourth-order valence-electron chi connectivity index (χ4n) is 2.48. The van der Waals surface area contributed by atoms with E-state index in [0.29, 0.717) is 23.5 Å². The number of rotatable bonds is 6. The van der Waals surface area contributed by atoms with Gasteiger partial charge in [-0.3, -0.25) is 14.9 Å². The third-order valence-corrected chi connectivity index (χ3v) is 4.23. The Morgan fingerprint density at radius 3 is 2.35 bits per heavy atom. The first kappa shape index (κ1) is 21.9. The van der Waals surface area contributed by atoms with Crippen LogP contribution in [0.2, 0.25) is 5.02 Å². The Hall–Kier alpha value is -3.80. The molecule has 2 N–H and O–H groups in total. The van der Waals surface area contributed by atoms with Crippen molar-refractivity contribution in [1.82, 2.24) is 15.0 Å². The molecule has 0 aliphatic rings. The Kier molecular flexibility index (Phi) is 6.02. The van der Waals surface area contributed by atoms with Crippen molar-refractivity contribution in [2.24, 2.45) is 0 Å². The highest BCUT2D eigenvalue weighted by molar-refractivity contribution is 6.33. The average molecular weight is 453 g/mol. The van der Waals surface area contributed by atoms with Crippen LogP contribution < -0.4 is 10.6 Å². The summed E-state index contributed by atoms with van der Waals surface area (Å²) in [7, 11) is 0. The molecule has 0 aliphatic heterocycles. The smallest absolute Gasteiger partial charge is 0.334 e. The monoisotopic (exact) mass is 452 g/mol. The summed E-state index contributed by atoms with van der Waals surface area (Å²) in [6.07, 6.45) is -3.11. The SMILES string of the molecule is CC(=O)c1cccc(Nc2ncnc(Nc3ncc(C(F)(F)F)cc3Cl)c2[N+](=O)[O-])c1. The van der Waals surface area contributed by atoms with Gasteiger partial charge >= 0.3 is 11.9 Å². The summed E-state index contributed by atoms with van der Waals surface area (Å²) in [5, 5.41) is 16.4. The van der Waals surface area contributed by atoms with Crippen LogP contribution in [0.1, 0.15) is 22.8 Å².